The Bertz CT molecular complexity index is 329. The molecule has 0 heterocycles. The summed E-state index contributed by atoms with van der Waals surface area (Å²) in [6, 6.07) is 6.03. The van der Waals surface area contributed by atoms with Crippen LogP contribution in [0, 0.1) is 0 Å². The zero-order valence-corrected chi connectivity index (χ0v) is 9.83. The number of hydrogen-bond donors (Lipinski definition) is 1. The fourth-order valence-corrected chi connectivity index (χ4v) is 1.62. The van der Waals surface area contributed by atoms with Gasteiger partial charge in [-0.3, -0.25) is 4.84 Å². The van der Waals surface area contributed by atoms with E-state index in [0.29, 0.717) is 6.61 Å². The molecule has 1 aromatic carbocycles. The Kier molecular flexibility index (Phi) is 3.72. The highest BCUT2D eigenvalue weighted by molar-refractivity contribution is 5.44. The van der Waals surface area contributed by atoms with Gasteiger partial charge in [-0.15, -0.1) is 0 Å². The molecular weight excluding hydrogens is 190 g/mol. The molecule has 0 fully saturated rings. The number of nitrogens with two attached hydrogens (primary N) is 1. The molecule has 0 amide bonds. The molecule has 3 heteroatoms. The second-order valence-electron chi connectivity index (χ2n) is 4.56. The molecule has 0 aromatic heterocycles. The minimum Gasteiger partial charge on any atom is -0.496 e. The van der Waals surface area contributed by atoms with Crippen LogP contribution in [0.1, 0.15) is 31.9 Å². The highest BCUT2D eigenvalue weighted by Crippen LogP contribution is 2.33. The number of benzene rings is 1. The Morgan fingerprint density at radius 1 is 1.27 bits per heavy atom. The molecule has 0 bridgehead atoms. The third-order valence-electron chi connectivity index (χ3n) is 2.35. The average Bonchev–Trinajstić information content (AvgIpc) is 2.16. The van der Waals surface area contributed by atoms with Crippen LogP contribution in [-0.2, 0) is 16.9 Å². The van der Waals surface area contributed by atoms with Crippen molar-refractivity contribution in [3.05, 3.63) is 29.3 Å². The van der Waals surface area contributed by atoms with Gasteiger partial charge in [0, 0.05) is 5.56 Å². The summed E-state index contributed by atoms with van der Waals surface area (Å²) in [5.74, 6) is 5.96. The lowest BCUT2D eigenvalue weighted by molar-refractivity contribution is 0.122. The summed E-state index contributed by atoms with van der Waals surface area (Å²) in [6.07, 6.45) is 0. The van der Waals surface area contributed by atoms with Crippen LogP contribution in [0.4, 0.5) is 0 Å². The third-order valence-corrected chi connectivity index (χ3v) is 2.35. The van der Waals surface area contributed by atoms with Crippen LogP contribution in [-0.4, -0.2) is 7.11 Å². The van der Waals surface area contributed by atoms with E-state index < -0.39 is 0 Å². The fraction of sp³-hybridized carbons (Fsp3) is 0.500. The van der Waals surface area contributed by atoms with E-state index in [0.717, 1.165) is 11.3 Å². The predicted molar refractivity (Wildman–Crippen MR) is 60.7 cm³/mol. The van der Waals surface area contributed by atoms with E-state index in [1.807, 2.05) is 12.1 Å². The van der Waals surface area contributed by atoms with Crippen LogP contribution in [0.15, 0.2) is 18.2 Å². The molecular formula is C12H19NO2. The highest BCUT2D eigenvalue weighted by Gasteiger charge is 2.20. The first-order valence-electron chi connectivity index (χ1n) is 4.98. The summed E-state index contributed by atoms with van der Waals surface area (Å²) in [7, 11) is 1.67. The highest BCUT2D eigenvalue weighted by atomic mass is 16.6. The molecule has 0 aliphatic rings. The molecule has 2 N–H and O–H groups in total. The molecule has 0 spiro atoms. The number of ether oxygens (including phenoxy) is 1. The standard InChI is InChI=1S/C12H19NO2/c1-12(2,3)10-7-5-6-9(8-15-13)11(10)14-4/h5-7H,8,13H2,1-4H3. The molecule has 0 atom stereocenters. The van der Waals surface area contributed by atoms with Gasteiger partial charge >= 0.3 is 0 Å². The van der Waals surface area contributed by atoms with Gasteiger partial charge < -0.3 is 4.74 Å². The molecule has 0 unspecified atom stereocenters. The Morgan fingerprint density at radius 3 is 2.40 bits per heavy atom. The Balaban J connectivity index is 3.22. The first kappa shape index (κ1) is 12.0. The van der Waals surface area contributed by atoms with Gasteiger partial charge in [0.15, 0.2) is 0 Å². The van der Waals surface area contributed by atoms with Crippen molar-refractivity contribution in [3.8, 4) is 5.75 Å². The topological polar surface area (TPSA) is 44.5 Å². The second-order valence-corrected chi connectivity index (χ2v) is 4.56. The van der Waals surface area contributed by atoms with Crippen molar-refractivity contribution in [2.45, 2.75) is 32.8 Å². The van der Waals surface area contributed by atoms with Crippen molar-refractivity contribution < 1.29 is 9.57 Å². The van der Waals surface area contributed by atoms with Crippen LogP contribution in [0.3, 0.4) is 0 Å². The summed E-state index contributed by atoms with van der Waals surface area (Å²) in [4.78, 5) is 4.66. The van der Waals surface area contributed by atoms with Gasteiger partial charge in [-0.2, -0.15) is 0 Å². The fourth-order valence-electron chi connectivity index (χ4n) is 1.62. The summed E-state index contributed by atoms with van der Waals surface area (Å²) in [5.41, 5.74) is 2.20. The Labute approximate surface area is 91.1 Å². The van der Waals surface area contributed by atoms with Gasteiger partial charge in [0.2, 0.25) is 0 Å². The Hall–Kier alpha value is -1.06. The summed E-state index contributed by atoms with van der Waals surface area (Å²) >= 11 is 0. The van der Waals surface area contributed by atoms with Gasteiger partial charge in [-0.25, -0.2) is 5.90 Å². The van der Waals surface area contributed by atoms with Crippen molar-refractivity contribution in [1.29, 1.82) is 0 Å². The number of para-hydroxylation sites is 1. The van der Waals surface area contributed by atoms with Crippen LogP contribution in [0.2, 0.25) is 0 Å². The summed E-state index contributed by atoms with van der Waals surface area (Å²) < 4.78 is 5.42. The molecule has 0 aliphatic heterocycles. The second kappa shape index (κ2) is 4.64. The van der Waals surface area contributed by atoms with Crippen LogP contribution in [0.5, 0.6) is 5.75 Å². The van der Waals surface area contributed by atoms with Gasteiger partial charge in [0.05, 0.1) is 13.7 Å². The summed E-state index contributed by atoms with van der Waals surface area (Å²) in [6.45, 7) is 6.82. The molecule has 1 rings (SSSR count). The van der Waals surface area contributed by atoms with Gasteiger partial charge in [0.25, 0.3) is 0 Å². The minimum atomic E-state index is 0.0515. The van der Waals surface area contributed by atoms with Gasteiger partial charge in [-0.05, 0) is 11.0 Å². The maximum Gasteiger partial charge on any atom is 0.128 e. The maximum absolute atomic E-state index is 5.42. The van der Waals surface area contributed by atoms with Crippen molar-refractivity contribution >= 4 is 0 Å². The van der Waals surface area contributed by atoms with E-state index >= 15 is 0 Å². The molecule has 15 heavy (non-hydrogen) atoms. The van der Waals surface area contributed by atoms with Crippen LogP contribution in [0.25, 0.3) is 0 Å². The van der Waals surface area contributed by atoms with Crippen molar-refractivity contribution in [1.82, 2.24) is 0 Å². The quantitative estimate of drug-likeness (QED) is 0.777. The zero-order chi connectivity index (χ0) is 11.5. The monoisotopic (exact) mass is 209 g/mol. The molecule has 0 radical (unpaired) electrons. The molecule has 1 aromatic rings. The largest absolute Gasteiger partial charge is 0.496 e. The lowest BCUT2D eigenvalue weighted by Gasteiger charge is -2.23. The van der Waals surface area contributed by atoms with Crippen molar-refractivity contribution in [2.75, 3.05) is 7.11 Å². The van der Waals surface area contributed by atoms with Crippen LogP contribution < -0.4 is 10.6 Å². The predicted octanol–water partition coefficient (Wildman–Crippen LogP) is 2.38. The first-order valence-corrected chi connectivity index (χ1v) is 4.98. The number of hydrogen-bond acceptors (Lipinski definition) is 3. The summed E-state index contributed by atoms with van der Waals surface area (Å²) in [5, 5.41) is 0. The molecule has 0 saturated heterocycles. The SMILES string of the molecule is COc1c(CON)cccc1C(C)(C)C. The lowest BCUT2D eigenvalue weighted by Crippen LogP contribution is -2.14. The molecule has 0 aliphatic carbocycles. The van der Waals surface area contributed by atoms with E-state index in [-0.39, 0.29) is 5.41 Å². The number of rotatable bonds is 3. The van der Waals surface area contributed by atoms with E-state index in [4.69, 9.17) is 10.6 Å². The van der Waals surface area contributed by atoms with E-state index in [2.05, 4.69) is 31.7 Å². The molecule has 84 valence electrons. The first-order chi connectivity index (χ1) is 7.00. The molecule has 0 saturated carbocycles. The molecule has 3 nitrogen and oxygen atoms in total. The normalized spacial score (nSPS) is 11.5. The van der Waals surface area contributed by atoms with Gasteiger partial charge in [-0.1, -0.05) is 39.0 Å². The smallest absolute Gasteiger partial charge is 0.128 e. The number of methoxy groups -OCH3 is 1. The van der Waals surface area contributed by atoms with E-state index in [1.54, 1.807) is 7.11 Å². The average molecular weight is 209 g/mol. The third kappa shape index (κ3) is 2.70. The Morgan fingerprint density at radius 2 is 1.93 bits per heavy atom. The van der Waals surface area contributed by atoms with E-state index in [9.17, 15) is 0 Å². The van der Waals surface area contributed by atoms with Crippen molar-refractivity contribution in [3.63, 3.8) is 0 Å². The minimum absolute atomic E-state index is 0.0515. The van der Waals surface area contributed by atoms with Crippen LogP contribution >= 0.6 is 0 Å². The van der Waals surface area contributed by atoms with Crippen molar-refractivity contribution in [2.24, 2.45) is 5.90 Å². The van der Waals surface area contributed by atoms with E-state index in [1.165, 1.54) is 5.56 Å². The maximum atomic E-state index is 5.42. The van der Waals surface area contributed by atoms with Gasteiger partial charge in [0.1, 0.15) is 5.75 Å². The zero-order valence-electron chi connectivity index (χ0n) is 9.83. The lowest BCUT2D eigenvalue weighted by atomic mass is 9.85.